The van der Waals surface area contributed by atoms with Gasteiger partial charge < -0.3 is 14.6 Å². The second-order valence-corrected chi connectivity index (χ2v) is 5.95. The molecule has 2 amide bonds. The third kappa shape index (κ3) is 3.33. The van der Waals surface area contributed by atoms with Crippen molar-refractivity contribution in [3.05, 3.63) is 60.1 Å². The topological polar surface area (TPSA) is 62.6 Å². The van der Waals surface area contributed by atoms with E-state index >= 15 is 0 Å². The molecule has 6 heteroatoms. The van der Waals surface area contributed by atoms with E-state index in [0.717, 1.165) is 5.56 Å². The lowest BCUT2D eigenvalue weighted by Crippen LogP contribution is -2.39. The van der Waals surface area contributed by atoms with Crippen molar-refractivity contribution in [3.8, 4) is 0 Å². The number of carbonyl (C=O) groups excluding carboxylic acids is 2. The van der Waals surface area contributed by atoms with Crippen LogP contribution in [0.25, 0.3) is 0 Å². The third-order valence-corrected chi connectivity index (χ3v) is 4.37. The van der Waals surface area contributed by atoms with Crippen LogP contribution in [0.4, 0.5) is 0 Å². The first kappa shape index (κ1) is 14.7. The quantitative estimate of drug-likeness (QED) is 0.917. The van der Waals surface area contributed by atoms with Crippen molar-refractivity contribution >= 4 is 23.6 Å². The van der Waals surface area contributed by atoms with E-state index < -0.39 is 0 Å². The normalized spacial score (nSPS) is 15.8. The molecule has 3 rings (SSSR count). The summed E-state index contributed by atoms with van der Waals surface area (Å²) in [5, 5.41) is 2.95. The van der Waals surface area contributed by atoms with Crippen LogP contribution in [0, 0.1) is 0 Å². The number of hydrogen-bond donors (Lipinski definition) is 1. The van der Waals surface area contributed by atoms with Gasteiger partial charge in [0.1, 0.15) is 18.3 Å². The molecule has 1 fully saturated rings. The number of rotatable bonds is 5. The summed E-state index contributed by atoms with van der Waals surface area (Å²) in [4.78, 5) is 25.4. The highest BCUT2D eigenvalue weighted by Gasteiger charge is 2.25. The summed E-state index contributed by atoms with van der Waals surface area (Å²) in [5.74, 6) is 1.51. The lowest BCUT2D eigenvalue weighted by atomic mass is 10.0. The highest BCUT2D eigenvalue weighted by atomic mass is 32.2. The molecule has 22 heavy (non-hydrogen) atoms. The van der Waals surface area contributed by atoms with Crippen LogP contribution in [0.2, 0.25) is 0 Å². The molecule has 1 unspecified atom stereocenters. The lowest BCUT2D eigenvalue weighted by molar-refractivity contribution is -0.132. The van der Waals surface area contributed by atoms with Gasteiger partial charge in [-0.2, -0.15) is 0 Å². The minimum Gasteiger partial charge on any atom is -0.467 e. The number of benzene rings is 1. The smallest absolute Gasteiger partial charge is 0.240 e. The van der Waals surface area contributed by atoms with Crippen LogP contribution in [0.5, 0.6) is 0 Å². The maximum absolute atomic E-state index is 12.3. The Bertz CT molecular complexity index is 643. The van der Waals surface area contributed by atoms with Crippen molar-refractivity contribution in [3.63, 3.8) is 0 Å². The molecule has 1 aromatic carbocycles. The van der Waals surface area contributed by atoms with Gasteiger partial charge in [-0.25, -0.2) is 0 Å². The second kappa shape index (κ2) is 6.70. The third-order valence-electron chi connectivity index (χ3n) is 3.43. The minimum atomic E-state index is -0.353. The molecule has 114 valence electrons. The van der Waals surface area contributed by atoms with Crippen molar-refractivity contribution < 1.29 is 14.0 Å². The van der Waals surface area contributed by atoms with Crippen molar-refractivity contribution in [2.45, 2.75) is 6.04 Å². The predicted octanol–water partition coefficient (Wildman–Crippen LogP) is 2.02. The molecule has 0 bridgehead atoms. The van der Waals surface area contributed by atoms with E-state index in [1.54, 1.807) is 17.2 Å². The molecule has 1 saturated heterocycles. The van der Waals surface area contributed by atoms with Gasteiger partial charge in [0.05, 0.1) is 17.9 Å². The van der Waals surface area contributed by atoms with Gasteiger partial charge in [-0.3, -0.25) is 9.59 Å². The summed E-state index contributed by atoms with van der Waals surface area (Å²) < 4.78 is 5.44. The minimum absolute atomic E-state index is 0.00871. The standard InChI is InChI=1S/C16H16N2O3S/c19-14(9-18-11-22-10-15(18)20)17-16(13-7-4-8-21-13)12-5-2-1-3-6-12/h1-8,16H,9-11H2,(H,17,19). The maximum atomic E-state index is 12.3. The summed E-state index contributed by atoms with van der Waals surface area (Å²) in [6, 6.07) is 12.9. The van der Waals surface area contributed by atoms with Gasteiger partial charge in [-0.05, 0) is 17.7 Å². The molecule has 2 heterocycles. The zero-order valence-corrected chi connectivity index (χ0v) is 12.7. The van der Waals surface area contributed by atoms with E-state index in [1.807, 2.05) is 36.4 Å². The Morgan fingerprint density at radius 3 is 2.73 bits per heavy atom. The fourth-order valence-corrected chi connectivity index (χ4v) is 3.24. The summed E-state index contributed by atoms with van der Waals surface area (Å²) in [6.45, 7) is 0.0792. The molecule has 2 aromatic rings. The van der Waals surface area contributed by atoms with Gasteiger partial charge in [0, 0.05) is 0 Å². The number of nitrogens with zero attached hydrogens (tertiary/aromatic N) is 1. The van der Waals surface area contributed by atoms with Gasteiger partial charge >= 0.3 is 0 Å². The van der Waals surface area contributed by atoms with Gasteiger partial charge in [-0.15, -0.1) is 11.8 Å². The van der Waals surface area contributed by atoms with E-state index in [4.69, 9.17) is 4.42 Å². The average Bonchev–Trinajstić information content (AvgIpc) is 3.18. The number of nitrogens with one attached hydrogen (secondary N) is 1. The van der Waals surface area contributed by atoms with Crippen LogP contribution in [0.1, 0.15) is 17.4 Å². The number of furan rings is 1. The van der Waals surface area contributed by atoms with Crippen LogP contribution in [0.3, 0.4) is 0 Å². The van der Waals surface area contributed by atoms with Gasteiger partial charge in [0.2, 0.25) is 11.8 Å². The molecule has 1 aliphatic heterocycles. The molecule has 0 spiro atoms. The molecule has 5 nitrogen and oxygen atoms in total. The second-order valence-electron chi connectivity index (χ2n) is 5.00. The summed E-state index contributed by atoms with van der Waals surface area (Å²) >= 11 is 1.52. The highest BCUT2D eigenvalue weighted by molar-refractivity contribution is 8.00. The predicted molar refractivity (Wildman–Crippen MR) is 84.2 cm³/mol. The van der Waals surface area contributed by atoms with Gasteiger partial charge in [0.25, 0.3) is 0 Å². The molecule has 1 aromatic heterocycles. The highest BCUT2D eigenvalue weighted by Crippen LogP contribution is 2.22. The first-order chi connectivity index (χ1) is 10.7. The zero-order valence-electron chi connectivity index (χ0n) is 11.9. The van der Waals surface area contributed by atoms with Crippen LogP contribution in [-0.2, 0) is 9.59 Å². The Labute approximate surface area is 132 Å². The number of hydrogen-bond acceptors (Lipinski definition) is 4. The van der Waals surface area contributed by atoms with Crippen LogP contribution < -0.4 is 5.32 Å². The Morgan fingerprint density at radius 2 is 2.09 bits per heavy atom. The van der Waals surface area contributed by atoms with Crippen molar-refractivity contribution in [2.75, 3.05) is 18.2 Å². The number of amides is 2. The molecule has 0 saturated carbocycles. The number of carbonyl (C=O) groups is 2. The Kier molecular flexibility index (Phi) is 4.48. The number of thioether (sulfide) groups is 1. The lowest BCUT2D eigenvalue weighted by Gasteiger charge is -2.20. The van der Waals surface area contributed by atoms with Gasteiger partial charge in [-0.1, -0.05) is 30.3 Å². The SMILES string of the molecule is O=C(CN1CSCC1=O)NC(c1ccccc1)c1ccco1. The van der Waals surface area contributed by atoms with Crippen LogP contribution in [0.15, 0.2) is 53.1 Å². The van der Waals surface area contributed by atoms with Crippen molar-refractivity contribution in [2.24, 2.45) is 0 Å². The van der Waals surface area contributed by atoms with Gasteiger partial charge in [0.15, 0.2) is 0 Å². The fourth-order valence-electron chi connectivity index (χ4n) is 2.34. The molecular formula is C16H16N2O3S. The largest absolute Gasteiger partial charge is 0.467 e. The van der Waals surface area contributed by atoms with Crippen molar-refractivity contribution in [1.29, 1.82) is 0 Å². The van der Waals surface area contributed by atoms with E-state index in [9.17, 15) is 9.59 Å². The Balaban J connectivity index is 1.73. The molecule has 0 radical (unpaired) electrons. The summed E-state index contributed by atoms with van der Waals surface area (Å²) in [5.41, 5.74) is 0.938. The first-order valence-corrected chi connectivity index (χ1v) is 8.13. The molecule has 1 N–H and O–H groups in total. The summed E-state index contributed by atoms with van der Waals surface area (Å²) in [6.07, 6.45) is 1.58. The molecule has 1 aliphatic rings. The molecule has 0 aliphatic carbocycles. The Morgan fingerprint density at radius 1 is 1.27 bits per heavy atom. The van der Waals surface area contributed by atoms with E-state index in [2.05, 4.69) is 5.32 Å². The average molecular weight is 316 g/mol. The van der Waals surface area contributed by atoms with E-state index in [-0.39, 0.29) is 24.4 Å². The monoisotopic (exact) mass is 316 g/mol. The van der Waals surface area contributed by atoms with Crippen molar-refractivity contribution in [1.82, 2.24) is 10.2 Å². The van der Waals surface area contributed by atoms with E-state index in [0.29, 0.717) is 17.4 Å². The van der Waals surface area contributed by atoms with E-state index in [1.165, 1.54) is 11.8 Å². The first-order valence-electron chi connectivity index (χ1n) is 6.97. The fraction of sp³-hybridized carbons (Fsp3) is 0.250. The Hall–Kier alpha value is -2.21. The zero-order chi connectivity index (χ0) is 15.4. The van der Waals surface area contributed by atoms with Crippen LogP contribution >= 0.6 is 11.8 Å². The summed E-state index contributed by atoms with van der Waals surface area (Å²) in [7, 11) is 0. The molecule has 1 atom stereocenters. The molecular weight excluding hydrogens is 300 g/mol. The van der Waals surface area contributed by atoms with Crippen LogP contribution in [-0.4, -0.2) is 34.9 Å². The maximum Gasteiger partial charge on any atom is 0.240 e.